The van der Waals surface area contributed by atoms with E-state index in [0.29, 0.717) is 46.8 Å². The molecule has 0 saturated carbocycles. The summed E-state index contributed by atoms with van der Waals surface area (Å²) in [5.74, 6) is 0.968. The summed E-state index contributed by atoms with van der Waals surface area (Å²) < 4.78 is 5.37. The highest BCUT2D eigenvalue weighted by Gasteiger charge is 2.29. The molecule has 4 aromatic rings. The van der Waals surface area contributed by atoms with Gasteiger partial charge in [0, 0.05) is 36.3 Å². The maximum absolute atomic E-state index is 13.1. The molecule has 0 radical (unpaired) electrons. The van der Waals surface area contributed by atoms with Gasteiger partial charge in [-0.1, -0.05) is 6.07 Å². The number of phenols is 1. The summed E-state index contributed by atoms with van der Waals surface area (Å²) in [6.45, 7) is 0.655. The quantitative estimate of drug-likeness (QED) is 0.421. The summed E-state index contributed by atoms with van der Waals surface area (Å²) in [7, 11) is 1.56. The Morgan fingerprint density at radius 3 is 2.94 bits per heavy atom. The number of nitrogens with zero attached hydrogens (tertiary/aromatic N) is 3. The van der Waals surface area contributed by atoms with Gasteiger partial charge < -0.3 is 24.5 Å². The topological polar surface area (TPSA) is 108 Å². The lowest BCUT2D eigenvalue weighted by Crippen LogP contribution is -2.35. The number of carbonyl (C=O) groups excluding carboxylic acids is 2. The van der Waals surface area contributed by atoms with Gasteiger partial charge in [-0.25, -0.2) is 9.97 Å². The molecule has 1 saturated heterocycles. The zero-order valence-electron chi connectivity index (χ0n) is 18.7. The number of pyridine rings is 1. The van der Waals surface area contributed by atoms with Gasteiger partial charge in [0.15, 0.2) is 0 Å². The van der Waals surface area contributed by atoms with Crippen molar-refractivity contribution in [3.63, 3.8) is 0 Å². The number of H-pyrrole nitrogens is 1. The van der Waals surface area contributed by atoms with Gasteiger partial charge in [-0.15, -0.1) is 0 Å². The molecule has 5 rings (SSSR count). The van der Waals surface area contributed by atoms with E-state index in [1.165, 1.54) is 0 Å². The third-order valence-electron chi connectivity index (χ3n) is 6.26. The highest BCUT2D eigenvalue weighted by Crippen LogP contribution is 2.36. The third-order valence-corrected chi connectivity index (χ3v) is 6.26. The second-order valence-electron chi connectivity index (χ2n) is 8.31. The average molecular weight is 457 g/mol. The molecule has 34 heavy (non-hydrogen) atoms. The van der Waals surface area contributed by atoms with E-state index in [-0.39, 0.29) is 17.7 Å². The van der Waals surface area contributed by atoms with Crippen LogP contribution in [0.15, 0.2) is 54.7 Å². The molecule has 172 valence electrons. The molecule has 0 bridgehead atoms. The standard InChI is InChI=1S/C26H24N4O4/c1-34-25-19(5-2-11-27-25)16-7-9-23(32)20(14-16)24-28-21-8-6-17(15-22(21)29-24)26(33)30-12-3-4-18(30)10-13-31/h2,5-9,11,13-15,18,32H,3-4,10,12H2,1H3,(H,28,29)/t18-/m0/s1. The Labute approximate surface area is 196 Å². The van der Waals surface area contributed by atoms with Crippen molar-refractivity contribution in [3.8, 4) is 34.1 Å². The molecule has 1 aliphatic heterocycles. The number of aromatic amines is 1. The number of hydrogen-bond donors (Lipinski definition) is 2. The first-order chi connectivity index (χ1) is 16.6. The molecule has 1 amide bonds. The second kappa shape index (κ2) is 8.97. The molecule has 1 aliphatic rings. The number of ether oxygens (including phenoxy) is 1. The Morgan fingerprint density at radius 2 is 2.12 bits per heavy atom. The van der Waals surface area contributed by atoms with Crippen LogP contribution in [0.25, 0.3) is 33.5 Å². The van der Waals surface area contributed by atoms with Crippen LogP contribution >= 0.6 is 0 Å². The molecule has 2 aromatic carbocycles. The molecule has 3 heterocycles. The molecule has 2 N–H and O–H groups in total. The number of hydrogen-bond acceptors (Lipinski definition) is 6. The van der Waals surface area contributed by atoms with E-state index in [1.807, 2.05) is 18.2 Å². The number of aromatic nitrogens is 3. The number of aromatic hydroxyl groups is 1. The van der Waals surface area contributed by atoms with Crippen LogP contribution in [-0.4, -0.2) is 56.8 Å². The minimum atomic E-state index is -0.0871. The fraction of sp³-hybridized carbons (Fsp3) is 0.231. The number of aldehydes is 1. The number of benzene rings is 2. The van der Waals surface area contributed by atoms with Crippen molar-refractivity contribution >= 4 is 23.2 Å². The fourth-order valence-corrected chi connectivity index (χ4v) is 4.56. The van der Waals surface area contributed by atoms with Crippen LogP contribution in [0.4, 0.5) is 0 Å². The summed E-state index contributed by atoms with van der Waals surface area (Å²) >= 11 is 0. The normalized spacial score (nSPS) is 15.6. The van der Waals surface area contributed by atoms with Gasteiger partial charge in [-0.3, -0.25) is 4.79 Å². The van der Waals surface area contributed by atoms with Crippen molar-refractivity contribution in [2.45, 2.75) is 25.3 Å². The Hall–Kier alpha value is -4.20. The summed E-state index contributed by atoms with van der Waals surface area (Å²) in [4.78, 5) is 38.0. The average Bonchev–Trinajstić information content (AvgIpc) is 3.50. The smallest absolute Gasteiger partial charge is 0.254 e. The van der Waals surface area contributed by atoms with Gasteiger partial charge in [0.1, 0.15) is 17.9 Å². The number of methoxy groups -OCH3 is 1. The zero-order chi connectivity index (χ0) is 23.7. The monoisotopic (exact) mass is 456 g/mol. The molecular weight excluding hydrogens is 432 g/mol. The van der Waals surface area contributed by atoms with Crippen molar-refractivity contribution in [3.05, 3.63) is 60.3 Å². The van der Waals surface area contributed by atoms with Gasteiger partial charge in [0.2, 0.25) is 5.88 Å². The number of amides is 1. The van der Waals surface area contributed by atoms with E-state index in [4.69, 9.17) is 4.74 Å². The van der Waals surface area contributed by atoms with Gasteiger partial charge in [0.05, 0.1) is 23.7 Å². The number of carbonyl (C=O) groups is 2. The minimum Gasteiger partial charge on any atom is -0.507 e. The van der Waals surface area contributed by atoms with E-state index >= 15 is 0 Å². The lowest BCUT2D eigenvalue weighted by molar-refractivity contribution is -0.108. The van der Waals surface area contributed by atoms with Crippen LogP contribution in [0.3, 0.4) is 0 Å². The molecule has 0 unspecified atom stereocenters. The largest absolute Gasteiger partial charge is 0.507 e. The van der Waals surface area contributed by atoms with E-state index in [0.717, 1.165) is 30.3 Å². The predicted molar refractivity (Wildman–Crippen MR) is 128 cm³/mol. The Morgan fingerprint density at radius 1 is 1.24 bits per heavy atom. The van der Waals surface area contributed by atoms with E-state index in [2.05, 4.69) is 15.0 Å². The maximum Gasteiger partial charge on any atom is 0.254 e. The summed E-state index contributed by atoms with van der Waals surface area (Å²) in [5.41, 5.74) is 4.06. The first-order valence-electron chi connectivity index (χ1n) is 11.2. The van der Waals surface area contributed by atoms with Crippen molar-refractivity contribution in [2.75, 3.05) is 13.7 Å². The van der Waals surface area contributed by atoms with Crippen molar-refractivity contribution < 1.29 is 19.4 Å². The summed E-state index contributed by atoms with van der Waals surface area (Å²) in [5, 5.41) is 10.6. The van der Waals surface area contributed by atoms with Crippen LogP contribution in [0.1, 0.15) is 29.6 Å². The lowest BCUT2D eigenvalue weighted by atomic mass is 10.0. The number of rotatable bonds is 6. The Bertz CT molecular complexity index is 1380. The predicted octanol–water partition coefficient (Wildman–Crippen LogP) is 4.20. The summed E-state index contributed by atoms with van der Waals surface area (Å²) in [6, 6.07) is 14.2. The lowest BCUT2D eigenvalue weighted by Gasteiger charge is -2.23. The van der Waals surface area contributed by atoms with Crippen molar-refractivity contribution in [1.82, 2.24) is 19.9 Å². The minimum absolute atomic E-state index is 0.0396. The molecule has 0 spiro atoms. The number of imidazole rings is 1. The van der Waals surface area contributed by atoms with E-state index < -0.39 is 0 Å². The highest BCUT2D eigenvalue weighted by atomic mass is 16.5. The van der Waals surface area contributed by atoms with Gasteiger partial charge in [0.25, 0.3) is 5.91 Å². The number of likely N-dealkylation sites (tertiary alicyclic amines) is 1. The number of fused-ring (bicyclic) bond motifs is 1. The van der Waals surface area contributed by atoms with Crippen molar-refractivity contribution in [2.24, 2.45) is 0 Å². The third kappa shape index (κ3) is 3.87. The van der Waals surface area contributed by atoms with Crippen LogP contribution in [0.2, 0.25) is 0 Å². The molecule has 8 nitrogen and oxygen atoms in total. The Balaban J connectivity index is 1.50. The first kappa shape index (κ1) is 21.6. The molecular formula is C26H24N4O4. The molecule has 8 heteroatoms. The van der Waals surface area contributed by atoms with Crippen LogP contribution < -0.4 is 4.74 Å². The highest BCUT2D eigenvalue weighted by molar-refractivity contribution is 5.98. The van der Waals surface area contributed by atoms with E-state index in [9.17, 15) is 14.7 Å². The SMILES string of the molecule is COc1ncccc1-c1ccc(O)c(-c2nc3ccc(C(=O)N4CCC[C@H]4CC=O)cc3[nH]2)c1. The van der Waals surface area contributed by atoms with Gasteiger partial charge in [-0.05, 0) is 60.9 Å². The van der Waals surface area contributed by atoms with Crippen LogP contribution in [-0.2, 0) is 4.79 Å². The van der Waals surface area contributed by atoms with Crippen LogP contribution in [0, 0.1) is 0 Å². The van der Waals surface area contributed by atoms with Crippen molar-refractivity contribution in [1.29, 1.82) is 0 Å². The Kier molecular flexibility index (Phi) is 5.71. The fourth-order valence-electron chi connectivity index (χ4n) is 4.56. The van der Waals surface area contributed by atoms with Gasteiger partial charge >= 0.3 is 0 Å². The molecule has 1 atom stereocenters. The van der Waals surface area contributed by atoms with Crippen LogP contribution in [0.5, 0.6) is 11.6 Å². The second-order valence-corrected chi connectivity index (χ2v) is 8.31. The maximum atomic E-state index is 13.1. The molecule has 0 aliphatic carbocycles. The molecule has 2 aromatic heterocycles. The number of nitrogens with one attached hydrogen (secondary N) is 1. The van der Waals surface area contributed by atoms with E-state index in [1.54, 1.807) is 48.5 Å². The molecule has 1 fully saturated rings. The number of phenolic OH excluding ortho intramolecular Hbond substituents is 1. The summed E-state index contributed by atoms with van der Waals surface area (Å²) in [6.07, 6.45) is 4.64. The first-order valence-corrected chi connectivity index (χ1v) is 11.2. The van der Waals surface area contributed by atoms with Gasteiger partial charge in [-0.2, -0.15) is 0 Å². The zero-order valence-corrected chi connectivity index (χ0v) is 18.7.